The van der Waals surface area contributed by atoms with Crippen LogP contribution in [0.2, 0.25) is 0 Å². The summed E-state index contributed by atoms with van der Waals surface area (Å²) >= 11 is 1.28. The van der Waals surface area contributed by atoms with E-state index < -0.39 is 0 Å². The number of rotatable bonds is 7. The highest BCUT2D eigenvalue weighted by Gasteiger charge is 2.25. The van der Waals surface area contributed by atoms with Gasteiger partial charge >= 0.3 is 0 Å². The Morgan fingerprint density at radius 3 is 2.44 bits per heavy atom. The number of carbonyl (C=O) groups is 1. The van der Waals surface area contributed by atoms with Crippen molar-refractivity contribution in [2.45, 2.75) is 13.3 Å². The van der Waals surface area contributed by atoms with Gasteiger partial charge in [-0.1, -0.05) is 19.1 Å². The summed E-state index contributed by atoms with van der Waals surface area (Å²) in [5.41, 5.74) is 2.83. The predicted molar refractivity (Wildman–Crippen MR) is 152 cm³/mol. The van der Waals surface area contributed by atoms with Crippen molar-refractivity contribution in [1.82, 2.24) is 29.4 Å². The first-order valence-corrected chi connectivity index (χ1v) is 13.5. The zero-order valence-electron chi connectivity index (χ0n) is 22.4. The number of aromatic nitrogens is 4. The minimum Gasteiger partial charge on any atom is -0.353 e. The molecule has 0 saturated carbocycles. The number of benzene rings is 1. The normalized spacial score (nSPS) is 14.0. The van der Waals surface area contributed by atoms with Crippen LogP contribution in [0.5, 0.6) is 0 Å². The molecule has 39 heavy (non-hydrogen) atoms. The first-order valence-electron chi connectivity index (χ1n) is 12.7. The molecule has 0 spiro atoms. The second-order valence-corrected chi connectivity index (χ2v) is 10.5. The number of thiazole rings is 1. The summed E-state index contributed by atoms with van der Waals surface area (Å²) in [5, 5.41) is 6.03. The maximum absolute atomic E-state index is 13.5. The quantitative estimate of drug-likeness (QED) is 0.323. The van der Waals surface area contributed by atoms with E-state index >= 15 is 0 Å². The van der Waals surface area contributed by atoms with Crippen LogP contribution in [0.3, 0.4) is 0 Å². The van der Waals surface area contributed by atoms with Crippen LogP contribution in [0.1, 0.15) is 12.6 Å². The number of hydrogen-bond donors (Lipinski definition) is 0. The summed E-state index contributed by atoms with van der Waals surface area (Å²) in [4.78, 5) is 33.3. The Bertz CT molecular complexity index is 1530. The van der Waals surface area contributed by atoms with Crippen molar-refractivity contribution >= 4 is 44.7 Å². The maximum atomic E-state index is 13.5. The van der Waals surface area contributed by atoms with Gasteiger partial charge in [-0.3, -0.25) is 9.69 Å². The lowest BCUT2D eigenvalue weighted by Gasteiger charge is -2.35. The first kappa shape index (κ1) is 26.5. The summed E-state index contributed by atoms with van der Waals surface area (Å²) in [6, 6.07) is 9.97. The van der Waals surface area contributed by atoms with Crippen molar-refractivity contribution in [3.05, 3.63) is 59.3 Å². The molecule has 1 aromatic carbocycles. The van der Waals surface area contributed by atoms with Crippen LogP contribution in [0.25, 0.3) is 21.7 Å². The Kier molecular flexibility index (Phi) is 7.45. The van der Waals surface area contributed by atoms with Crippen LogP contribution in [-0.2, 0) is 11.2 Å². The highest BCUT2D eigenvalue weighted by Crippen LogP contribution is 2.42. The van der Waals surface area contributed by atoms with Gasteiger partial charge in [-0.2, -0.15) is 4.52 Å². The van der Waals surface area contributed by atoms with Crippen LogP contribution in [0.4, 0.5) is 26.2 Å². The molecule has 1 aliphatic rings. The highest BCUT2D eigenvalue weighted by atomic mass is 32.1. The number of carbonyl (C=O) groups excluding carboxylic acids is 1. The molecule has 202 valence electrons. The lowest BCUT2D eigenvalue weighted by molar-refractivity contribution is -0.129. The van der Waals surface area contributed by atoms with Crippen molar-refractivity contribution < 1.29 is 9.18 Å². The van der Waals surface area contributed by atoms with Gasteiger partial charge in [0.2, 0.25) is 5.91 Å². The third-order valence-electron chi connectivity index (χ3n) is 6.82. The number of imidazole rings is 1. The average Bonchev–Trinajstić information content (AvgIpc) is 3.54. The zero-order chi connectivity index (χ0) is 27.7. The molecule has 0 unspecified atom stereocenters. The smallest absolute Gasteiger partial charge is 0.270 e. The SMILES string of the molecule is [C-]#[N+]c1sc(N(C)c2c(CC)nc3ccc(N4CCN(CC(=O)N(C)C)CC4)nn23)nc1-c1ccc(F)cc1. The summed E-state index contributed by atoms with van der Waals surface area (Å²) in [7, 11) is 5.46. The van der Waals surface area contributed by atoms with Crippen molar-refractivity contribution in [3.8, 4) is 11.3 Å². The number of aryl methyl sites for hydroxylation is 1. The molecule has 0 atom stereocenters. The summed E-state index contributed by atoms with van der Waals surface area (Å²) in [5.74, 6) is 1.40. The van der Waals surface area contributed by atoms with Gasteiger partial charge in [-0.15, -0.1) is 16.4 Å². The van der Waals surface area contributed by atoms with Crippen LogP contribution in [0.15, 0.2) is 36.4 Å². The number of hydrogen-bond acceptors (Lipinski definition) is 8. The molecular weight excluding hydrogens is 517 g/mol. The number of nitrogens with zero attached hydrogens (tertiary/aromatic N) is 9. The van der Waals surface area contributed by atoms with Crippen LogP contribution < -0.4 is 9.80 Å². The predicted octanol–water partition coefficient (Wildman–Crippen LogP) is 4.08. The van der Waals surface area contributed by atoms with E-state index in [-0.39, 0.29) is 11.7 Å². The van der Waals surface area contributed by atoms with E-state index in [9.17, 15) is 9.18 Å². The highest BCUT2D eigenvalue weighted by molar-refractivity contribution is 7.20. The molecule has 4 heterocycles. The molecule has 1 aliphatic heterocycles. The van der Waals surface area contributed by atoms with Crippen molar-refractivity contribution in [2.75, 3.05) is 63.7 Å². The fraction of sp³-hybridized carbons (Fsp3) is 0.370. The monoisotopic (exact) mass is 547 g/mol. The lowest BCUT2D eigenvalue weighted by Crippen LogP contribution is -2.49. The maximum Gasteiger partial charge on any atom is 0.270 e. The average molecular weight is 548 g/mol. The lowest BCUT2D eigenvalue weighted by atomic mass is 10.1. The molecule has 5 rings (SSSR count). The number of amides is 1. The zero-order valence-corrected chi connectivity index (χ0v) is 23.2. The fourth-order valence-electron chi connectivity index (χ4n) is 4.57. The van der Waals surface area contributed by atoms with Gasteiger partial charge in [-0.25, -0.2) is 19.2 Å². The fourth-order valence-corrected chi connectivity index (χ4v) is 5.41. The standard InChI is InChI=1S/C27H30FN9OS/c1-6-20-26(34(5)27-31-24(25(29-2)39-27)18-7-9-19(28)10-8-18)37-21(30-20)11-12-22(32-37)36-15-13-35(14-16-36)17-23(38)33(3)4/h7-12H,6,13-17H2,1,3-5H3. The van der Waals surface area contributed by atoms with Gasteiger partial charge in [0.1, 0.15) is 11.6 Å². The molecule has 12 heteroatoms. The van der Waals surface area contributed by atoms with Gasteiger partial charge < -0.3 is 14.7 Å². The molecule has 4 aromatic rings. The van der Waals surface area contributed by atoms with Crippen molar-refractivity contribution in [2.24, 2.45) is 0 Å². The summed E-state index contributed by atoms with van der Waals surface area (Å²) in [6.45, 7) is 13.2. The number of likely N-dealkylation sites (N-methyl/N-ethyl adjacent to an activating group) is 1. The third kappa shape index (κ3) is 5.28. The van der Waals surface area contributed by atoms with E-state index in [0.717, 1.165) is 49.2 Å². The molecule has 10 nitrogen and oxygen atoms in total. The molecule has 0 aliphatic carbocycles. The Labute approximate surface area is 230 Å². The molecule has 1 amide bonds. The number of halogens is 1. The first-order chi connectivity index (χ1) is 18.8. The van der Waals surface area contributed by atoms with Gasteiger partial charge in [0.25, 0.3) is 5.00 Å². The van der Waals surface area contributed by atoms with Gasteiger partial charge in [0.15, 0.2) is 16.6 Å². The Balaban J connectivity index is 1.44. The van der Waals surface area contributed by atoms with Crippen LogP contribution in [0, 0.1) is 12.4 Å². The second-order valence-electron chi connectivity index (χ2n) is 9.58. The topological polar surface area (TPSA) is 77.5 Å². The molecule has 1 fully saturated rings. The summed E-state index contributed by atoms with van der Waals surface area (Å²) in [6.07, 6.45) is 0.697. The number of piperazine rings is 1. The van der Waals surface area contributed by atoms with Gasteiger partial charge in [0.05, 0.1) is 24.5 Å². The molecule has 0 N–H and O–H groups in total. The Morgan fingerprint density at radius 1 is 1.08 bits per heavy atom. The van der Waals surface area contributed by atoms with Crippen molar-refractivity contribution in [1.29, 1.82) is 0 Å². The minimum atomic E-state index is -0.334. The molecule has 0 radical (unpaired) electrons. The molecular formula is C27H30FN9OS. The third-order valence-corrected chi connectivity index (χ3v) is 7.85. The van der Waals surface area contributed by atoms with E-state index in [1.807, 2.05) is 35.5 Å². The molecule has 3 aromatic heterocycles. The van der Waals surface area contributed by atoms with E-state index in [2.05, 4.69) is 14.6 Å². The summed E-state index contributed by atoms with van der Waals surface area (Å²) < 4.78 is 15.3. The van der Waals surface area contributed by atoms with Gasteiger partial charge in [-0.05, 0) is 36.2 Å². The minimum absolute atomic E-state index is 0.104. The van der Waals surface area contributed by atoms with E-state index in [1.54, 1.807) is 31.1 Å². The second kappa shape index (κ2) is 11.0. The Morgan fingerprint density at radius 2 is 1.79 bits per heavy atom. The largest absolute Gasteiger partial charge is 0.353 e. The van der Waals surface area contributed by atoms with E-state index in [4.69, 9.17) is 21.6 Å². The molecule has 1 saturated heterocycles. The number of fused-ring (bicyclic) bond motifs is 1. The van der Waals surface area contributed by atoms with E-state index in [1.165, 1.54) is 23.5 Å². The number of anilines is 3. The Hall–Kier alpha value is -4.08. The van der Waals surface area contributed by atoms with Gasteiger partial charge in [0, 0.05) is 47.3 Å². The van der Waals surface area contributed by atoms with E-state index in [0.29, 0.717) is 34.4 Å². The van der Waals surface area contributed by atoms with Crippen molar-refractivity contribution in [3.63, 3.8) is 0 Å². The van der Waals surface area contributed by atoms with Crippen LogP contribution in [-0.4, -0.2) is 89.2 Å². The van der Waals surface area contributed by atoms with Crippen LogP contribution >= 0.6 is 11.3 Å². The molecule has 0 bridgehead atoms.